The van der Waals surface area contributed by atoms with E-state index in [-0.39, 0.29) is 6.04 Å². The minimum Gasteiger partial charge on any atom is -0.309 e. The molecule has 1 fully saturated rings. The van der Waals surface area contributed by atoms with Crippen LogP contribution in [0.25, 0.3) is 0 Å². The second-order valence-corrected chi connectivity index (χ2v) is 6.27. The molecule has 13 heavy (non-hydrogen) atoms. The van der Waals surface area contributed by atoms with Crippen LogP contribution < -0.4 is 5.32 Å². The average Bonchev–Trinajstić information content (AvgIpc) is 1.99. The molecule has 0 radical (unpaired) electrons. The summed E-state index contributed by atoms with van der Waals surface area (Å²) in [6, 6.07) is 0.625. The Morgan fingerprint density at radius 1 is 1.38 bits per heavy atom. The van der Waals surface area contributed by atoms with Gasteiger partial charge in [0.2, 0.25) is 0 Å². The fourth-order valence-corrected chi connectivity index (χ4v) is 2.87. The van der Waals surface area contributed by atoms with Crippen LogP contribution in [0.1, 0.15) is 27.2 Å². The van der Waals surface area contributed by atoms with Gasteiger partial charge in [0.05, 0.1) is 11.5 Å². The summed E-state index contributed by atoms with van der Waals surface area (Å²) in [5, 5.41) is 3.34. The first kappa shape index (κ1) is 11.0. The van der Waals surface area contributed by atoms with Gasteiger partial charge in [-0.3, -0.25) is 0 Å². The minimum atomic E-state index is -2.67. The van der Waals surface area contributed by atoms with Crippen LogP contribution in [-0.2, 0) is 9.84 Å². The molecule has 1 aliphatic heterocycles. The Bertz CT molecular complexity index is 249. The molecule has 78 valence electrons. The highest BCUT2D eigenvalue weighted by Crippen LogP contribution is 2.14. The molecule has 0 saturated carbocycles. The van der Waals surface area contributed by atoms with Gasteiger partial charge in [0.1, 0.15) is 0 Å². The lowest BCUT2D eigenvalue weighted by Crippen LogP contribution is -2.54. The summed E-state index contributed by atoms with van der Waals surface area (Å²) in [4.78, 5) is 0. The molecule has 0 bridgehead atoms. The lowest BCUT2D eigenvalue weighted by atomic mass is 10.0. The molecule has 2 unspecified atom stereocenters. The summed E-state index contributed by atoms with van der Waals surface area (Å²) in [7, 11) is -2.67. The van der Waals surface area contributed by atoms with Crippen molar-refractivity contribution in [3.8, 4) is 0 Å². The molecular weight excluding hydrogens is 186 g/mol. The van der Waals surface area contributed by atoms with Crippen molar-refractivity contribution in [2.24, 2.45) is 5.92 Å². The monoisotopic (exact) mass is 205 g/mol. The van der Waals surface area contributed by atoms with Crippen molar-refractivity contribution in [2.45, 2.75) is 39.3 Å². The Balaban J connectivity index is 2.28. The number of nitrogens with one attached hydrogen (secondary N) is 1. The quantitative estimate of drug-likeness (QED) is 0.738. The average molecular weight is 205 g/mol. The van der Waals surface area contributed by atoms with Gasteiger partial charge in [-0.25, -0.2) is 8.42 Å². The summed E-state index contributed by atoms with van der Waals surface area (Å²) in [5.41, 5.74) is 0. The highest BCUT2D eigenvalue weighted by Gasteiger charge is 2.34. The third-order valence-corrected chi connectivity index (χ3v) is 4.73. The standard InChI is InChI=1S/C9H19NO2S/c1-4-7(2)8(3)10-9-5-13(11,12)6-9/h7-10H,4-6H2,1-3H3. The second kappa shape index (κ2) is 3.96. The van der Waals surface area contributed by atoms with Gasteiger partial charge in [-0.05, 0) is 12.8 Å². The van der Waals surface area contributed by atoms with Crippen molar-refractivity contribution in [3.63, 3.8) is 0 Å². The smallest absolute Gasteiger partial charge is 0.153 e. The van der Waals surface area contributed by atoms with E-state index < -0.39 is 9.84 Å². The molecular formula is C9H19NO2S. The zero-order chi connectivity index (χ0) is 10.1. The van der Waals surface area contributed by atoms with Crippen molar-refractivity contribution >= 4 is 9.84 Å². The van der Waals surface area contributed by atoms with Crippen molar-refractivity contribution in [1.29, 1.82) is 0 Å². The molecule has 1 heterocycles. The number of hydrogen-bond donors (Lipinski definition) is 1. The number of rotatable bonds is 4. The van der Waals surface area contributed by atoms with Crippen LogP contribution in [0.3, 0.4) is 0 Å². The maximum atomic E-state index is 10.9. The van der Waals surface area contributed by atoms with E-state index in [9.17, 15) is 8.42 Å². The van der Waals surface area contributed by atoms with Gasteiger partial charge in [0.25, 0.3) is 0 Å². The molecule has 0 spiro atoms. The van der Waals surface area contributed by atoms with Crippen LogP contribution in [0.4, 0.5) is 0 Å². The number of hydrogen-bond acceptors (Lipinski definition) is 3. The normalized spacial score (nSPS) is 26.4. The topological polar surface area (TPSA) is 46.2 Å². The first-order chi connectivity index (χ1) is 5.94. The Hall–Kier alpha value is -0.0900. The summed E-state index contributed by atoms with van der Waals surface area (Å²) >= 11 is 0. The SMILES string of the molecule is CCC(C)C(C)NC1CS(=O)(=O)C1. The fraction of sp³-hybridized carbons (Fsp3) is 1.00. The first-order valence-electron chi connectivity index (χ1n) is 4.91. The van der Waals surface area contributed by atoms with Crippen LogP contribution in [0, 0.1) is 5.92 Å². The number of sulfone groups is 1. The molecule has 2 atom stereocenters. The van der Waals surface area contributed by atoms with E-state index in [1.54, 1.807) is 0 Å². The molecule has 1 aliphatic rings. The molecule has 1 saturated heterocycles. The second-order valence-electron chi connectivity index (χ2n) is 4.11. The van der Waals surface area contributed by atoms with Gasteiger partial charge < -0.3 is 5.32 Å². The summed E-state index contributed by atoms with van der Waals surface area (Å²) in [6.07, 6.45) is 1.13. The van der Waals surface area contributed by atoms with Gasteiger partial charge >= 0.3 is 0 Å². The maximum Gasteiger partial charge on any atom is 0.153 e. The Kier molecular flexibility index (Phi) is 3.35. The van der Waals surface area contributed by atoms with Crippen molar-refractivity contribution in [1.82, 2.24) is 5.32 Å². The zero-order valence-electron chi connectivity index (χ0n) is 8.58. The Morgan fingerprint density at radius 2 is 1.92 bits per heavy atom. The van der Waals surface area contributed by atoms with Crippen LogP contribution in [0.5, 0.6) is 0 Å². The molecule has 1 N–H and O–H groups in total. The predicted octanol–water partition coefficient (Wildman–Crippen LogP) is 0.808. The molecule has 0 amide bonds. The van der Waals surface area contributed by atoms with Crippen molar-refractivity contribution < 1.29 is 8.42 Å². The summed E-state index contributed by atoms with van der Waals surface area (Å²) < 4.78 is 21.8. The van der Waals surface area contributed by atoms with Crippen LogP contribution >= 0.6 is 0 Å². The molecule has 0 aromatic heterocycles. The largest absolute Gasteiger partial charge is 0.309 e. The van der Waals surface area contributed by atoms with E-state index in [1.165, 1.54) is 0 Å². The van der Waals surface area contributed by atoms with Crippen LogP contribution in [0.2, 0.25) is 0 Å². The van der Waals surface area contributed by atoms with E-state index >= 15 is 0 Å². The highest BCUT2D eigenvalue weighted by molar-refractivity contribution is 7.92. The third kappa shape index (κ3) is 2.95. The molecule has 3 nitrogen and oxygen atoms in total. The lowest BCUT2D eigenvalue weighted by molar-refractivity contribution is 0.357. The van der Waals surface area contributed by atoms with Gasteiger partial charge in [-0.15, -0.1) is 0 Å². The maximum absolute atomic E-state index is 10.9. The fourth-order valence-electron chi connectivity index (χ4n) is 1.55. The minimum absolute atomic E-state index is 0.203. The van der Waals surface area contributed by atoms with Gasteiger partial charge in [-0.2, -0.15) is 0 Å². The predicted molar refractivity (Wildman–Crippen MR) is 54.5 cm³/mol. The highest BCUT2D eigenvalue weighted by atomic mass is 32.2. The first-order valence-corrected chi connectivity index (χ1v) is 6.73. The van der Waals surface area contributed by atoms with Gasteiger partial charge in [-0.1, -0.05) is 20.3 Å². The lowest BCUT2D eigenvalue weighted by Gasteiger charge is -2.32. The van der Waals surface area contributed by atoms with E-state index in [2.05, 4.69) is 26.1 Å². The van der Waals surface area contributed by atoms with Crippen LogP contribution in [0.15, 0.2) is 0 Å². The zero-order valence-corrected chi connectivity index (χ0v) is 9.39. The van der Waals surface area contributed by atoms with E-state index in [4.69, 9.17) is 0 Å². The third-order valence-electron chi connectivity index (χ3n) is 2.91. The van der Waals surface area contributed by atoms with Crippen molar-refractivity contribution in [2.75, 3.05) is 11.5 Å². The molecule has 0 aromatic carbocycles. The Morgan fingerprint density at radius 3 is 2.31 bits per heavy atom. The Labute approximate surface area is 80.8 Å². The van der Waals surface area contributed by atoms with Gasteiger partial charge in [0, 0.05) is 12.1 Å². The molecule has 1 rings (SSSR count). The summed E-state index contributed by atoms with van der Waals surface area (Å²) in [5.74, 6) is 1.27. The van der Waals surface area contributed by atoms with E-state index in [0.29, 0.717) is 23.5 Å². The molecule has 0 aromatic rings. The molecule has 4 heteroatoms. The molecule has 0 aliphatic carbocycles. The van der Waals surface area contributed by atoms with Crippen molar-refractivity contribution in [3.05, 3.63) is 0 Å². The summed E-state index contributed by atoms with van der Waals surface area (Å²) in [6.45, 7) is 6.46. The van der Waals surface area contributed by atoms with Crippen LogP contribution in [-0.4, -0.2) is 32.0 Å². The van der Waals surface area contributed by atoms with E-state index in [0.717, 1.165) is 6.42 Å². The van der Waals surface area contributed by atoms with E-state index in [1.807, 2.05) is 0 Å². The van der Waals surface area contributed by atoms with Gasteiger partial charge in [0.15, 0.2) is 9.84 Å².